The van der Waals surface area contributed by atoms with Crippen molar-refractivity contribution < 1.29 is 18.7 Å². The van der Waals surface area contributed by atoms with Gasteiger partial charge in [0.05, 0.1) is 24.2 Å². The van der Waals surface area contributed by atoms with Crippen molar-refractivity contribution in [3.63, 3.8) is 0 Å². The third kappa shape index (κ3) is 6.48. The van der Waals surface area contributed by atoms with Crippen molar-refractivity contribution in [2.75, 3.05) is 23.5 Å². The SMILES string of the molecule is COc1ccc(-c2nnc(SCC(=O)Nc3ccccc3NC(=O)NC(C)C)o2)cc1. The van der Waals surface area contributed by atoms with Gasteiger partial charge in [-0.05, 0) is 50.2 Å². The van der Waals surface area contributed by atoms with Crippen LogP contribution >= 0.6 is 11.8 Å². The fourth-order valence-electron chi connectivity index (χ4n) is 2.55. The molecule has 0 aliphatic rings. The van der Waals surface area contributed by atoms with Crippen molar-refractivity contribution in [1.29, 1.82) is 0 Å². The summed E-state index contributed by atoms with van der Waals surface area (Å²) in [6, 6.07) is 13.8. The minimum absolute atomic E-state index is 0.00429. The fraction of sp³-hybridized carbons (Fsp3) is 0.238. The average Bonchev–Trinajstić information content (AvgIpc) is 3.22. The number of aromatic nitrogens is 2. The summed E-state index contributed by atoms with van der Waals surface area (Å²) in [5.41, 5.74) is 1.75. The number of hydrogen-bond acceptors (Lipinski definition) is 7. The second-order valence-electron chi connectivity index (χ2n) is 6.74. The largest absolute Gasteiger partial charge is 0.497 e. The van der Waals surface area contributed by atoms with Gasteiger partial charge in [-0.3, -0.25) is 4.79 Å². The molecule has 2 aromatic carbocycles. The van der Waals surface area contributed by atoms with Gasteiger partial charge in [0.1, 0.15) is 5.75 Å². The van der Waals surface area contributed by atoms with Gasteiger partial charge < -0.3 is 25.1 Å². The molecule has 31 heavy (non-hydrogen) atoms. The van der Waals surface area contributed by atoms with Crippen molar-refractivity contribution in [2.24, 2.45) is 0 Å². The van der Waals surface area contributed by atoms with Crippen molar-refractivity contribution in [3.8, 4) is 17.2 Å². The molecule has 3 aromatic rings. The molecule has 3 N–H and O–H groups in total. The first-order valence-electron chi connectivity index (χ1n) is 9.51. The van der Waals surface area contributed by atoms with Crippen LogP contribution in [0.4, 0.5) is 16.2 Å². The number of anilines is 2. The lowest BCUT2D eigenvalue weighted by atomic mass is 10.2. The zero-order chi connectivity index (χ0) is 22.2. The Morgan fingerprint density at radius 3 is 2.35 bits per heavy atom. The maximum Gasteiger partial charge on any atom is 0.319 e. The van der Waals surface area contributed by atoms with Crippen LogP contribution in [0.15, 0.2) is 58.2 Å². The summed E-state index contributed by atoms with van der Waals surface area (Å²) in [7, 11) is 1.59. The van der Waals surface area contributed by atoms with Crippen molar-refractivity contribution in [2.45, 2.75) is 25.1 Å². The van der Waals surface area contributed by atoms with Gasteiger partial charge in [-0.1, -0.05) is 23.9 Å². The van der Waals surface area contributed by atoms with Crippen LogP contribution in [0, 0.1) is 0 Å². The minimum Gasteiger partial charge on any atom is -0.497 e. The van der Waals surface area contributed by atoms with Crippen LogP contribution in [-0.4, -0.2) is 41.0 Å². The van der Waals surface area contributed by atoms with Crippen molar-refractivity contribution in [1.82, 2.24) is 15.5 Å². The van der Waals surface area contributed by atoms with Crippen LogP contribution in [0.5, 0.6) is 5.75 Å². The summed E-state index contributed by atoms with van der Waals surface area (Å²) in [6.07, 6.45) is 0. The first-order valence-corrected chi connectivity index (χ1v) is 10.5. The maximum absolute atomic E-state index is 12.4. The minimum atomic E-state index is -0.344. The highest BCUT2D eigenvalue weighted by Crippen LogP contribution is 2.26. The number of amides is 3. The third-order valence-corrected chi connectivity index (χ3v) is 4.76. The van der Waals surface area contributed by atoms with E-state index in [2.05, 4.69) is 26.1 Å². The Hall–Kier alpha value is -3.53. The number of benzene rings is 2. The van der Waals surface area contributed by atoms with Gasteiger partial charge in [-0.25, -0.2) is 4.79 Å². The fourth-order valence-corrected chi connectivity index (χ4v) is 3.12. The lowest BCUT2D eigenvalue weighted by Gasteiger charge is -2.14. The standard InChI is InChI=1S/C21H23N5O4S/c1-13(2)22-20(28)24-17-7-5-4-6-16(17)23-18(27)12-31-21-26-25-19(30-21)14-8-10-15(29-3)11-9-14/h4-11,13H,12H2,1-3H3,(H,23,27)(H2,22,24,28). The Morgan fingerprint density at radius 2 is 1.71 bits per heavy atom. The number of para-hydroxylation sites is 2. The lowest BCUT2D eigenvalue weighted by Crippen LogP contribution is -2.34. The molecule has 0 bridgehead atoms. The monoisotopic (exact) mass is 441 g/mol. The summed E-state index contributed by atoms with van der Waals surface area (Å²) in [5, 5.41) is 16.5. The Bertz CT molecular complexity index is 1040. The van der Waals surface area contributed by atoms with Crippen LogP contribution in [0.1, 0.15) is 13.8 Å². The summed E-state index contributed by atoms with van der Waals surface area (Å²) in [6.45, 7) is 3.73. The molecule has 1 heterocycles. The molecule has 3 amide bonds. The smallest absolute Gasteiger partial charge is 0.319 e. The second-order valence-corrected chi connectivity index (χ2v) is 7.66. The van der Waals surface area contributed by atoms with E-state index in [-0.39, 0.29) is 29.0 Å². The zero-order valence-corrected chi connectivity index (χ0v) is 18.2. The highest BCUT2D eigenvalue weighted by molar-refractivity contribution is 7.99. The number of nitrogens with one attached hydrogen (secondary N) is 3. The van der Waals surface area contributed by atoms with Crippen molar-refractivity contribution in [3.05, 3.63) is 48.5 Å². The molecule has 0 atom stereocenters. The molecule has 0 saturated heterocycles. The van der Waals surface area contributed by atoms with E-state index in [0.717, 1.165) is 23.1 Å². The van der Waals surface area contributed by atoms with E-state index < -0.39 is 0 Å². The number of methoxy groups -OCH3 is 1. The molecule has 0 aliphatic heterocycles. The van der Waals surface area contributed by atoms with Gasteiger partial charge in [0.25, 0.3) is 5.22 Å². The Morgan fingerprint density at radius 1 is 1.03 bits per heavy atom. The van der Waals surface area contributed by atoms with Crippen LogP contribution in [0.25, 0.3) is 11.5 Å². The second kappa shape index (κ2) is 10.5. The summed E-state index contributed by atoms with van der Waals surface area (Å²) >= 11 is 1.12. The zero-order valence-electron chi connectivity index (χ0n) is 17.3. The van der Waals surface area contributed by atoms with E-state index in [4.69, 9.17) is 9.15 Å². The van der Waals surface area contributed by atoms with Crippen LogP contribution in [0.3, 0.4) is 0 Å². The molecule has 0 fully saturated rings. The van der Waals surface area contributed by atoms with E-state index in [1.807, 2.05) is 26.0 Å². The number of ether oxygens (including phenoxy) is 1. The van der Waals surface area contributed by atoms with Gasteiger partial charge in [0.15, 0.2) is 0 Å². The van der Waals surface area contributed by atoms with Crippen LogP contribution in [0.2, 0.25) is 0 Å². The highest BCUT2D eigenvalue weighted by Gasteiger charge is 2.13. The molecule has 0 spiro atoms. The third-order valence-electron chi connectivity index (χ3n) is 3.94. The maximum atomic E-state index is 12.4. The molecule has 0 radical (unpaired) electrons. The summed E-state index contributed by atoms with van der Waals surface area (Å²) in [5.74, 6) is 0.881. The highest BCUT2D eigenvalue weighted by atomic mass is 32.2. The molecule has 3 rings (SSSR count). The number of carbonyl (C=O) groups is 2. The first kappa shape index (κ1) is 22.2. The van der Waals surface area contributed by atoms with Crippen molar-refractivity contribution >= 4 is 35.1 Å². The Kier molecular flexibility index (Phi) is 7.50. The molecule has 10 heteroatoms. The molecule has 1 aromatic heterocycles. The number of carbonyl (C=O) groups excluding carboxylic acids is 2. The van der Waals surface area contributed by atoms with E-state index >= 15 is 0 Å². The lowest BCUT2D eigenvalue weighted by molar-refractivity contribution is -0.113. The van der Waals surface area contributed by atoms with Gasteiger partial charge >= 0.3 is 6.03 Å². The van der Waals surface area contributed by atoms with E-state index in [1.165, 1.54) is 0 Å². The number of urea groups is 1. The van der Waals surface area contributed by atoms with Gasteiger partial charge in [0.2, 0.25) is 11.8 Å². The number of nitrogens with zero attached hydrogens (tertiary/aromatic N) is 2. The topological polar surface area (TPSA) is 118 Å². The van der Waals surface area contributed by atoms with Gasteiger partial charge in [-0.15, -0.1) is 10.2 Å². The summed E-state index contributed by atoms with van der Waals surface area (Å²) in [4.78, 5) is 24.3. The predicted molar refractivity (Wildman–Crippen MR) is 119 cm³/mol. The number of rotatable bonds is 8. The molecule has 0 unspecified atom stereocenters. The molecule has 9 nitrogen and oxygen atoms in total. The molecule has 0 aliphatic carbocycles. The molecule has 0 saturated carbocycles. The number of thioether (sulfide) groups is 1. The predicted octanol–water partition coefficient (Wildman–Crippen LogP) is 4.01. The van der Waals surface area contributed by atoms with E-state index in [1.54, 1.807) is 43.5 Å². The summed E-state index contributed by atoms with van der Waals surface area (Å²) < 4.78 is 10.7. The quantitative estimate of drug-likeness (QED) is 0.452. The number of hydrogen-bond donors (Lipinski definition) is 3. The first-order chi connectivity index (χ1) is 14.9. The normalized spacial score (nSPS) is 10.6. The van der Waals surface area contributed by atoms with E-state index in [9.17, 15) is 9.59 Å². The van der Waals surface area contributed by atoms with Crippen LogP contribution in [-0.2, 0) is 4.79 Å². The average molecular weight is 442 g/mol. The van der Waals surface area contributed by atoms with Crippen LogP contribution < -0.4 is 20.7 Å². The van der Waals surface area contributed by atoms with Gasteiger partial charge in [-0.2, -0.15) is 0 Å². The Balaban J connectivity index is 1.56. The van der Waals surface area contributed by atoms with Gasteiger partial charge in [0, 0.05) is 11.6 Å². The molecular formula is C21H23N5O4S. The molecule has 162 valence electrons. The Labute approximate surface area is 184 Å². The molecular weight excluding hydrogens is 418 g/mol. The van der Waals surface area contributed by atoms with E-state index in [0.29, 0.717) is 17.3 Å².